The summed E-state index contributed by atoms with van der Waals surface area (Å²) in [6.07, 6.45) is 8.10. The maximum Gasteiger partial charge on any atom is 0.222 e. The van der Waals surface area contributed by atoms with Crippen LogP contribution in [0.1, 0.15) is 38.5 Å². The monoisotopic (exact) mass is 321 g/mol. The smallest absolute Gasteiger partial charge is 0.222 e. The summed E-state index contributed by atoms with van der Waals surface area (Å²) in [5.41, 5.74) is 0. The maximum atomic E-state index is 12.3. The van der Waals surface area contributed by atoms with E-state index >= 15 is 0 Å². The van der Waals surface area contributed by atoms with E-state index < -0.39 is 0 Å². The number of hydrogen-bond acceptors (Lipinski definition) is 4. The lowest BCUT2D eigenvalue weighted by Gasteiger charge is -2.33. The van der Waals surface area contributed by atoms with Crippen molar-refractivity contribution in [3.63, 3.8) is 0 Å². The fraction of sp³-hybridized carbons (Fsp3) is 0.750. The zero-order chi connectivity index (χ0) is 16.7. The number of carbonyl (C=O) groups excluding carboxylic acids is 2. The molecular weight excluding hydrogens is 294 g/mol. The predicted octanol–water partition coefficient (Wildman–Crippen LogP) is 1.17. The third kappa shape index (κ3) is 5.65. The molecule has 2 heterocycles. The van der Waals surface area contributed by atoms with E-state index in [4.69, 9.17) is 0 Å². The summed E-state index contributed by atoms with van der Waals surface area (Å²) in [7, 11) is 3.57. The molecule has 1 unspecified atom stereocenters. The molecule has 0 radical (unpaired) electrons. The van der Waals surface area contributed by atoms with Crippen LogP contribution < -0.4 is 0 Å². The SMILES string of the molecule is CN(C)C(=O)CCC1CCCN(C(=O)CCCn2cncn2)C1. The quantitative estimate of drug-likeness (QED) is 0.756. The average molecular weight is 321 g/mol. The number of piperidine rings is 1. The van der Waals surface area contributed by atoms with Gasteiger partial charge in [0.2, 0.25) is 11.8 Å². The van der Waals surface area contributed by atoms with Gasteiger partial charge in [-0.1, -0.05) is 0 Å². The van der Waals surface area contributed by atoms with Gasteiger partial charge in [-0.3, -0.25) is 14.3 Å². The summed E-state index contributed by atoms with van der Waals surface area (Å²) in [5.74, 6) is 0.835. The van der Waals surface area contributed by atoms with Gasteiger partial charge < -0.3 is 9.80 Å². The van der Waals surface area contributed by atoms with Crippen molar-refractivity contribution in [3.8, 4) is 0 Å². The van der Waals surface area contributed by atoms with E-state index in [-0.39, 0.29) is 11.8 Å². The molecule has 1 aromatic heterocycles. The molecule has 128 valence electrons. The predicted molar refractivity (Wildman–Crippen MR) is 86.5 cm³/mol. The number of hydrogen-bond donors (Lipinski definition) is 0. The van der Waals surface area contributed by atoms with Crippen LogP contribution >= 0.6 is 0 Å². The van der Waals surface area contributed by atoms with E-state index in [2.05, 4.69) is 10.1 Å². The van der Waals surface area contributed by atoms with Crippen LogP contribution in [0.15, 0.2) is 12.7 Å². The molecule has 1 saturated heterocycles. The van der Waals surface area contributed by atoms with Gasteiger partial charge in [0.25, 0.3) is 0 Å². The van der Waals surface area contributed by atoms with Crippen LogP contribution in [0, 0.1) is 5.92 Å². The molecule has 7 nitrogen and oxygen atoms in total. The van der Waals surface area contributed by atoms with Crippen LogP contribution in [0.3, 0.4) is 0 Å². The highest BCUT2D eigenvalue weighted by atomic mass is 16.2. The number of aromatic nitrogens is 3. The molecule has 2 amide bonds. The molecule has 1 fully saturated rings. The normalized spacial score (nSPS) is 18.0. The molecular formula is C16H27N5O2. The molecule has 23 heavy (non-hydrogen) atoms. The van der Waals surface area contributed by atoms with Crippen molar-refractivity contribution < 1.29 is 9.59 Å². The van der Waals surface area contributed by atoms with E-state index in [0.717, 1.165) is 45.3 Å². The Labute approximate surface area is 137 Å². The average Bonchev–Trinajstić information content (AvgIpc) is 3.06. The topological polar surface area (TPSA) is 71.3 Å². The summed E-state index contributed by atoms with van der Waals surface area (Å²) in [4.78, 5) is 31.5. The van der Waals surface area contributed by atoms with Gasteiger partial charge in [0.1, 0.15) is 12.7 Å². The zero-order valence-electron chi connectivity index (χ0n) is 14.1. The van der Waals surface area contributed by atoms with Crippen molar-refractivity contribution in [2.24, 2.45) is 5.92 Å². The van der Waals surface area contributed by atoms with Crippen molar-refractivity contribution in [2.45, 2.75) is 45.1 Å². The molecule has 0 aromatic carbocycles. The summed E-state index contributed by atoms with van der Waals surface area (Å²) in [6, 6.07) is 0. The first-order chi connectivity index (χ1) is 11.1. The Balaban J connectivity index is 1.69. The second kappa shape index (κ2) is 8.64. The van der Waals surface area contributed by atoms with Gasteiger partial charge in [0.05, 0.1) is 0 Å². The lowest BCUT2D eigenvalue weighted by atomic mass is 9.93. The summed E-state index contributed by atoms with van der Waals surface area (Å²) in [5, 5.41) is 4.04. The fourth-order valence-corrected chi connectivity index (χ4v) is 2.98. The number of aryl methyl sites for hydroxylation is 1. The van der Waals surface area contributed by atoms with Crippen LogP contribution in [-0.2, 0) is 16.1 Å². The Morgan fingerprint density at radius 2 is 2.13 bits per heavy atom. The van der Waals surface area contributed by atoms with Crippen LogP contribution in [0.4, 0.5) is 0 Å². The molecule has 0 bridgehead atoms. The molecule has 1 aliphatic heterocycles. The van der Waals surface area contributed by atoms with Gasteiger partial charge in [0.15, 0.2) is 0 Å². The second-order valence-corrected chi connectivity index (χ2v) is 6.44. The van der Waals surface area contributed by atoms with E-state index in [9.17, 15) is 9.59 Å². The third-order valence-corrected chi connectivity index (χ3v) is 4.38. The number of carbonyl (C=O) groups is 2. The Hall–Kier alpha value is -1.92. The number of rotatable bonds is 7. The minimum Gasteiger partial charge on any atom is -0.349 e. The van der Waals surface area contributed by atoms with Gasteiger partial charge in [-0.15, -0.1) is 0 Å². The first kappa shape index (κ1) is 17.4. The van der Waals surface area contributed by atoms with Gasteiger partial charge in [-0.2, -0.15) is 5.10 Å². The highest BCUT2D eigenvalue weighted by Crippen LogP contribution is 2.22. The molecule has 7 heteroatoms. The first-order valence-electron chi connectivity index (χ1n) is 8.36. The van der Waals surface area contributed by atoms with Gasteiger partial charge in [0, 0.05) is 46.6 Å². The van der Waals surface area contributed by atoms with E-state index in [1.165, 1.54) is 6.33 Å². The lowest BCUT2D eigenvalue weighted by Crippen LogP contribution is -2.40. The van der Waals surface area contributed by atoms with Crippen LogP contribution in [0.2, 0.25) is 0 Å². The Morgan fingerprint density at radius 1 is 1.30 bits per heavy atom. The third-order valence-electron chi connectivity index (χ3n) is 4.38. The van der Waals surface area contributed by atoms with Gasteiger partial charge in [-0.05, 0) is 31.6 Å². The zero-order valence-corrected chi connectivity index (χ0v) is 14.1. The first-order valence-corrected chi connectivity index (χ1v) is 8.36. The van der Waals surface area contributed by atoms with Crippen LogP contribution in [0.5, 0.6) is 0 Å². The Kier molecular flexibility index (Phi) is 6.55. The standard InChI is InChI=1S/C16H27N5O2/c1-19(2)15(22)8-7-14-5-3-9-20(11-14)16(23)6-4-10-21-13-17-12-18-21/h12-14H,3-11H2,1-2H3. The summed E-state index contributed by atoms with van der Waals surface area (Å²) >= 11 is 0. The Bertz CT molecular complexity index is 501. The molecule has 0 N–H and O–H groups in total. The highest BCUT2D eigenvalue weighted by Gasteiger charge is 2.23. The fourth-order valence-electron chi connectivity index (χ4n) is 2.98. The molecule has 0 saturated carbocycles. The number of amides is 2. The number of likely N-dealkylation sites (tertiary alicyclic amines) is 1. The molecule has 1 aliphatic rings. The van der Waals surface area contributed by atoms with Crippen LogP contribution in [0.25, 0.3) is 0 Å². The van der Waals surface area contributed by atoms with Gasteiger partial charge in [-0.25, -0.2) is 4.98 Å². The maximum absolute atomic E-state index is 12.3. The molecule has 0 spiro atoms. The van der Waals surface area contributed by atoms with Gasteiger partial charge >= 0.3 is 0 Å². The van der Waals surface area contributed by atoms with Crippen molar-refractivity contribution in [3.05, 3.63) is 12.7 Å². The number of nitrogens with zero attached hydrogens (tertiary/aromatic N) is 5. The van der Waals surface area contributed by atoms with E-state index in [1.807, 2.05) is 4.90 Å². The molecule has 1 aromatic rings. The summed E-state index contributed by atoms with van der Waals surface area (Å²) < 4.78 is 1.75. The minimum absolute atomic E-state index is 0.168. The minimum atomic E-state index is 0.168. The highest BCUT2D eigenvalue weighted by molar-refractivity contribution is 5.76. The summed E-state index contributed by atoms with van der Waals surface area (Å²) in [6.45, 7) is 2.36. The lowest BCUT2D eigenvalue weighted by molar-refractivity contribution is -0.133. The largest absolute Gasteiger partial charge is 0.349 e. The second-order valence-electron chi connectivity index (χ2n) is 6.44. The molecule has 1 atom stereocenters. The van der Waals surface area contributed by atoms with Crippen LogP contribution in [-0.4, -0.2) is 63.6 Å². The van der Waals surface area contributed by atoms with E-state index in [1.54, 1.807) is 30.0 Å². The molecule has 2 rings (SSSR count). The van der Waals surface area contributed by atoms with Crippen molar-refractivity contribution >= 4 is 11.8 Å². The van der Waals surface area contributed by atoms with E-state index in [0.29, 0.717) is 18.8 Å². The van der Waals surface area contributed by atoms with Crippen molar-refractivity contribution in [1.29, 1.82) is 0 Å². The molecule has 0 aliphatic carbocycles. The Morgan fingerprint density at radius 3 is 2.83 bits per heavy atom. The van der Waals surface area contributed by atoms with Crippen molar-refractivity contribution in [1.82, 2.24) is 24.6 Å². The van der Waals surface area contributed by atoms with Crippen molar-refractivity contribution in [2.75, 3.05) is 27.2 Å².